The molecule has 0 aromatic rings. The summed E-state index contributed by atoms with van der Waals surface area (Å²) < 4.78 is 7.25. The zero-order valence-electron chi connectivity index (χ0n) is 7.78. The second-order valence-electron chi connectivity index (χ2n) is 3.39. The third kappa shape index (κ3) is 1.68. The summed E-state index contributed by atoms with van der Waals surface area (Å²) in [7, 11) is 4.29. The number of methoxy groups -OCH3 is 1. The fraction of sp³-hybridized carbons (Fsp3) is 0.875. The summed E-state index contributed by atoms with van der Waals surface area (Å²) in [6, 6.07) is 0.0138. The van der Waals surface area contributed by atoms with E-state index < -0.39 is 0 Å². The van der Waals surface area contributed by atoms with Gasteiger partial charge in [0.25, 0.3) is 0 Å². The second-order valence-corrected chi connectivity index (χ2v) is 4.05. The van der Waals surface area contributed by atoms with Crippen LogP contribution in [0, 0.1) is 5.92 Å². The number of carbonyl (C=O) groups is 1. The molecule has 0 aliphatic carbocycles. The molecule has 1 saturated heterocycles. The van der Waals surface area contributed by atoms with Crippen LogP contribution in [0.1, 0.15) is 13.8 Å². The Labute approximate surface area is 75.7 Å². The molecule has 0 bridgehead atoms. The topological polar surface area (TPSA) is 29.5 Å². The number of ether oxygens (including phenoxy) is 1. The summed E-state index contributed by atoms with van der Waals surface area (Å²) in [6.45, 7) is 4.52. The van der Waals surface area contributed by atoms with Gasteiger partial charge < -0.3 is 4.74 Å². The molecule has 0 aromatic heterocycles. The zero-order valence-corrected chi connectivity index (χ0v) is 8.93. The Morgan fingerprint density at radius 2 is 2.25 bits per heavy atom. The Morgan fingerprint density at radius 1 is 1.67 bits per heavy atom. The minimum Gasteiger partial charge on any atom is -0.380 e. The molecule has 1 unspecified atom stereocenters. The van der Waals surface area contributed by atoms with Gasteiger partial charge in [0.05, 0.1) is 12.1 Å². The van der Waals surface area contributed by atoms with Crippen molar-refractivity contribution in [3.8, 4) is 0 Å². The Hall–Kier alpha value is 0.0200. The molecule has 1 fully saturated rings. The Kier molecular flexibility index (Phi) is 3.22. The van der Waals surface area contributed by atoms with E-state index in [4.69, 9.17) is 4.74 Å². The monoisotopic (exact) mass is 189 g/mol. The number of carbonyl (C=O) groups excluding carboxylic acids is 1. The Bertz CT molecular complexity index is 186. The summed E-state index contributed by atoms with van der Waals surface area (Å²) >= 11 is 0. The van der Waals surface area contributed by atoms with Crippen LogP contribution in [0.15, 0.2) is 0 Å². The van der Waals surface area contributed by atoms with Crippen LogP contribution in [0.25, 0.3) is 0 Å². The quantitative estimate of drug-likeness (QED) is 0.599. The minimum absolute atomic E-state index is 0.0138. The highest BCUT2D eigenvalue weighted by atomic mass is 31.0. The summed E-state index contributed by atoms with van der Waals surface area (Å²) in [5.74, 6) is 0.516. The Balaban J connectivity index is 2.70. The molecule has 0 amide bonds. The number of hydrogen-bond donors (Lipinski definition) is 0. The Morgan fingerprint density at radius 3 is 2.50 bits per heavy atom. The van der Waals surface area contributed by atoms with Crippen LogP contribution in [-0.2, 0) is 9.53 Å². The van der Waals surface area contributed by atoms with E-state index in [2.05, 4.69) is 16.3 Å². The first-order valence-electron chi connectivity index (χ1n) is 4.12. The van der Waals surface area contributed by atoms with Crippen LogP contribution >= 0.6 is 9.39 Å². The van der Waals surface area contributed by atoms with E-state index in [0.717, 1.165) is 6.54 Å². The minimum atomic E-state index is 0.0138. The van der Waals surface area contributed by atoms with Crippen LogP contribution in [0.5, 0.6) is 0 Å². The maximum Gasteiger partial charge on any atom is 0.147 e. The molecule has 0 aromatic carbocycles. The normalized spacial score (nSPS) is 37.2. The van der Waals surface area contributed by atoms with E-state index >= 15 is 0 Å². The van der Waals surface area contributed by atoms with Crippen molar-refractivity contribution in [2.45, 2.75) is 26.0 Å². The van der Waals surface area contributed by atoms with Gasteiger partial charge in [-0.2, -0.15) is 0 Å². The lowest BCUT2D eigenvalue weighted by molar-refractivity contribution is -0.121. The van der Waals surface area contributed by atoms with E-state index in [-0.39, 0.29) is 17.9 Å². The summed E-state index contributed by atoms with van der Waals surface area (Å²) in [5, 5.41) is 0. The van der Waals surface area contributed by atoms with Crippen molar-refractivity contribution in [1.82, 2.24) is 4.67 Å². The first-order chi connectivity index (χ1) is 5.57. The maximum absolute atomic E-state index is 11.2. The molecule has 0 radical (unpaired) electrons. The molecule has 4 heteroatoms. The van der Waals surface area contributed by atoms with Crippen molar-refractivity contribution < 1.29 is 9.53 Å². The fourth-order valence-electron chi connectivity index (χ4n) is 1.89. The van der Waals surface area contributed by atoms with Gasteiger partial charge >= 0.3 is 0 Å². The summed E-state index contributed by atoms with van der Waals surface area (Å²) in [5.41, 5.74) is 0. The molecule has 0 saturated carbocycles. The predicted molar refractivity (Wildman–Crippen MR) is 50.8 cm³/mol. The average molecular weight is 189 g/mol. The van der Waals surface area contributed by atoms with Gasteiger partial charge in [-0.1, -0.05) is 16.3 Å². The van der Waals surface area contributed by atoms with E-state index in [9.17, 15) is 4.79 Å². The molecule has 3 nitrogen and oxygen atoms in total. The van der Waals surface area contributed by atoms with E-state index in [1.165, 1.54) is 0 Å². The molecule has 4 atom stereocenters. The maximum atomic E-state index is 11.2. The highest BCUT2D eigenvalue weighted by molar-refractivity contribution is 7.13. The first kappa shape index (κ1) is 10.1. The largest absolute Gasteiger partial charge is 0.380 e. The van der Waals surface area contributed by atoms with Crippen LogP contribution in [0.4, 0.5) is 0 Å². The van der Waals surface area contributed by atoms with Crippen LogP contribution in [0.2, 0.25) is 0 Å². The smallest absolute Gasteiger partial charge is 0.147 e. The average Bonchev–Trinajstić information content (AvgIpc) is 2.25. The van der Waals surface area contributed by atoms with E-state index in [0.29, 0.717) is 5.92 Å². The van der Waals surface area contributed by atoms with Gasteiger partial charge in [0.2, 0.25) is 0 Å². The van der Waals surface area contributed by atoms with Crippen molar-refractivity contribution in [2.75, 3.05) is 13.7 Å². The number of Topliss-reactive ketones (excluding diaryl/α,β-unsaturated/α-hetero) is 1. The number of nitrogens with zero attached hydrogens (tertiary/aromatic N) is 1. The first-order valence-corrected chi connectivity index (χ1v) is 4.64. The van der Waals surface area contributed by atoms with Crippen LogP contribution in [0.3, 0.4) is 0 Å². The molecule has 1 aliphatic heterocycles. The molecular weight excluding hydrogens is 173 g/mol. The highest BCUT2D eigenvalue weighted by Gasteiger charge is 2.39. The van der Waals surface area contributed by atoms with E-state index in [1.54, 1.807) is 14.0 Å². The summed E-state index contributed by atoms with van der Waals surface area (Å²) in [4.78, 5) is 11.2. The van der Waals surface area contributed by atoms with Gasteiger partial charge in [-0.05, 0) is 6.92 Å². The standard InChI is InChI=1S/C8H16NO2P/c1-5-7(11-3)4-9(12)8(5)6(2)10/h5,7-8H,4,12H2,1-3H3/t5-,7+,8+/m1/s1. The van der Waals surface area contributed by atoms with Crippen LogP contribution in [-0.4, -0.2) is 36.3 Å². The molecule has 1 heterocycles. The second kappa shape index (κ2) is 3.82. The van der Waals surface area contributed by atoms with Crippen molar-refractivity contribution in [3.05, 3.63) is 0 Å². The van der Waals surface area contributed by atoms with Crippen molar-refractivity contribution in [1.29, 1.82) is 0 Å². The lowest BCUT2D eigenvalue weighted by atomic mass is 9.98. The van der Waals surface area contributed by atoms with Crippen molar-refractivity contribution in [2.24, 2.45) is 5.92 Å². The zero-order chi connectivity index (χ0) is 9.30. The molecule has 70 valence electrons. The van der Waals surface area contributed by atoms with E-state index in [1.807, 2.05) is 4.67 Å². The van der Waals surface area contributed by atoms with Crippen molar-refractivity contribution in [3.63, 3.8) is 0 Å². The number of ketones is 1. The van der Waals surface area contributed by atoms with Gasteiger partial charge in [-0.25, -0.2) is 0 Å². The third-order valence-electron chi connectivity index (χ3n) is 2.55. The van der Waals surface area contributed by atoms with Gasteiger partial charge in [-0.3, -0.25) is 9.46 Å². The molecule has 12 heavy (non-hydrogen) atoms. The van der Waals surface area contributed by atoms with Crippen molar-refractivity contribution >= 4 is 15.2 Å². The van der Waals surface area contributed by atoms with Gasteiger partial charge in [-0.15, -0.1) is 0 Å². The third-order valence-corrected chi connectivity index (χ3v) is 3.08. The summed E-state index contributed by atoms with van der Waals surface area (Å²) in [6.07, 6.45) is 0.191. The molecule has 1 rings (SSSR count). The molecular formula is C8H16NO2P. The van der Waals surface area contributed by atoms with Crippen LogP contribution < -0.4 is 0 Å². The molecule has 0 spiro atoms. The number of rotatable bonds is 2. The lowest BCUT2D eigenvalue weighted by Gasteiger charge is -2.19. The predicted octanol–water partition coefficient (Wildman–Crippen LogP) is 0.701. The van der Waals surface area contributed by atoms with Gasteiger partial charge in [0, 0.05) is 19.6 Å². The SMILES string of the molecule is CO[C@H]1CN(P)[C@H](C(C)=O)[C@@H]1C. The molecule has 1 aliphatic rings. The lowest BCUT2D eigenvalue weighted by Crippen LogP contribution is -2.32. The fourth-order valence-corrected chi connectivity index (χ4v) is 2.58. The highest BCUT2D eigenvalue weighted by Crippen LogP contribution is 2.29. The number of hydrogen-bond acceptors (Lipinski definition) is 3. The van der Waals surface area contributed by atoms with Gasteiger partial charge in [0.1, 0.15) is 5.78 Å². The molecule has 0 N–H and O–H groups in total. The van der Waals surface area contributed by atoms with Gasteiger partial charge in [0.15, 0.2) is 0 Å².